The second-order valence-electron chi connectivity index (χ2n) is 4.06. The van der Waals surface area contributed by atoms with Crippen molar-refractivity contribution in [2.75, 3.05) is 12.3 Å². The van der Waals surface area contributed by atoms with Gasteiger partial charge in [0, 0.05) is 12.6 Å². The molecule has 0 aliphatic carbocycles. The monoisotopic (exact) mass is 243 g/mol. The van der Waals surface area contributed by atoms with Crippen molar-refractivity contribution >= 4 is 9.84 Å². The largest absolute Gasteiger partial charge is 0.308 e. The first kappa shape index (κ1) is 11.5. The van der Waals surface area contributed by atoms with E-state index in [1.165, 1.54) is 12.1 Å². The van der Waals surface area contributed by atoms with Crippen LogP contribution in [-0.2, 0) is 9.84 Å². The second kappa shape index (κ2) is 4.14. The molecule has 1 aromatic carbocycles. The number of benzene rings is 1. The van der Waals surface area contributed by atoms with Crippen LogP contribution in [0, 0.1) is 5.82 Å². The van der Waals surface area contributed by atoms with Crippen LogP contribution >= 0.6 is 0 Å². The van der Waals surface area contributed by atoms with E-state index in [9.17, 15) is 12.8 Å². The Hall–Kier alpha value is -0.940. The lowest BCUT2D eigenvalue weighted by atomic mass is 10.0. The summed E-state index contributed by atoms with van der Waals surface area (Å²) in [6.45, 7) is 2.09. The molecule has 1 aliphatic rings. The number of hydrogen-bond donors (Lipinski definition) is 1. The highest BCUT2D eigenvalue weighted by atomic mass is 32.2. The van der Waals surface area contributed by atoms with E-state index >= 15 is 0 Å². The maximum atomic E-state index is 13.1. The van der Waals surface area contributed by atoms with Gasteiger partial charge in [0.25, 0.3) is 0 Å². The summed E-state index contributed by atoms with van der Waals surface area (Å²) >= 11 is 0. The van der Waals surface area contributed by atoms with Gasteiger partial charge in [0.2, 0.25) is 0 Å². The second-order valence-corrected chi connectivity index (χ2v) is 6.54. The van der Waals surface area contributed by atoms with Crippen LogP contribution in [0.4, 0.5) is 4.39 Å². The lowest BCUT2D eigenvalue weighted by molar-refractivity contribution is 0.480. The van der Waals surface area contributed by atoms with Crippen LogP contribution in [-0.4, -0.2) is 26.0 Å². The molecule has 2 atom stereocenters. The Kier molecular flexibility index (Phi) is 2.99. The molecule has 1 N–H and O–H groups in total. The zero-order valence-electron chi connectivity index (χ0n) is 8.98. The van der Waals surface area contributed by atoms with E-state index in [-0.39, 0.29) is 17.6 Å². The number of sulfone groups is 1. The molecule has 0 aromatic heterocycles. The summed E-state index contributed by atoms with van der Waals surface area (Å²) < 4.78 is 36.5. The molecule has 1 heterocycles. The lowest BCUT2D eigenvalue weighted by Crippen LogP contribution is -2.45. The molecule has 88 valence electrons. The SMILES string of the molecule is CC1C(c2cccc(F)c2)NCCS1(=O)=O. The minimum Gasteiger partial charge on any atom is -0.308 e. The van der Waals surface area contributed by atoms with Crippen LogP contribution < -0.4 is 5.32 Å². The van der Waals surface area contributed by atoms with E-state index in [1.807, 2.05) is 0 Å². The third-order valence-electron chi connectivity index (χ3n) is 2.99. The summed E-state index contributed by atoms with van der Waals surface area (Å²) in [6, 6.07) is 5.77. The van der Waals surface area contributed by atoms with E-state index in [0.29, 0.717) is 12.1 Å². The number of halogens is 1. The van der Waals surface area contributed by atoms with Crippen molar-refractivity contribution in [1.29, 1.82) is 0 Å². The first-order chi connectivity index (χ1) is 7.50. The average Bonchev–Trinajstić information content (AvgIpc) is 2.22. The molecule has 0 spiro atoms. The van der Waals surface area contributed by atoms with Crippen molar-refractivity contribution in [3.8, 4) is 0 Å². The average molecular weight is 243 g/mol. The minimum absolute atomic E-state index is 0.153. The third kappa shape index (κ3) is 2.10. The van der Waals surface area contributed by atoms with Gasteiger partial charge in [-0.05, 0) is 24.6 Å². The fourth-order valence-corrected chi connectivity index (χ4v) is 3.45. The van der Waals surface area contributed by atoms with E-state index in [4.69, 9.17) is 0 Å². The van der Waals surface area contributed by atoms with Gasteiger partial charge in [-0.1, -0.05) is 12.1 Å². The lowest BCUT2D eigenvalue weighted by Gasteiger charge is -2.30. The molecule has 1 aromatic rings. The summed E-state index contributed by atoms with van der Waals surface area (Å²) in [5, 5.41) is 2.61. The van der Waals surface area contributed by atoms with Gasteiger partial charge in [-0.2, -0.15) is 0 Å². The first-order valence-corrected chi connectivity index (χ1v) is 6.93. The van der Waals surface area contributed by atoms with Crippen LogP contribution in [0.15, 0.2) is 24.3 Å². The van der Waals surface area contributed by atoms with Crippen molar-refractivity contribution in [2.24, 2.45) is 0 Å². The fraction of sp³-hybridized carbons (Fsp3) is 0.455. The van der Waals surface area contributed by atoms with Crippen LogP contribution in [0.3, 0.4) is 0 Å². The zero-order valence-corrected chi connectivity index (χ0v) is 9.80. The summed E-state index contributed by atoms with van der Waals surface area (Å²) in [5.41, 5.74) is 0.691. The predicted octanol–water partition coefficient (Wildman–Crippen LogP) is 1.27. The molecule has 3 nitrogen and oxygen atoms in total. The summed E-state index contributed by atoms with van der Waals surface area (Å²) in [7, 11) is -3.06. The molecule has 2 unspecified atom stereocenters. The Morgan fingerprint density at radius 2 is 2.19 bits per heavy atom. The molecule has 0 radical (unpaired) electrons. The van der Waals surface area contributed by atoms with Gasteiger partial charge in [0.1, 0.15) is 5.82 Å². The zero-order chi connectivity index (χ0) is 11.8. The molecule has 5 heteroatoms. The summed E-state index contributed by atoms with van der Waals surface area (Å²) in [4.78, 5) is 0. The molecular weight excluding hydrogens is 229 g/mol. The minimum atomic E-state index is -3.06. The highest BCUT2D eigenvalue weighted by molar-refractivity contribution is 7.92. The van der Waals surface area contributed by atoms with Crippen LogP contribution in [0.1, 0.15) is 18.5 Å². The van der Waals surface area contributed by atoms with Crippen molar-refractivity contribution in [3.63, 3.8) is 0 Å². The molecule has 1 saturated heterocycles. The molecule has 0 saturated carbocycles. The van der Waals surface area contributed by atoms with Crippen molar-refractivity contribution < 1.29 is 12.8 Å². The van der Waals surface area contributed by atoms with Crippen molar-refractivity contribution in [2.45, 2.75) is 18.2 Å². The van der Waals surface area contributed by atoms with E-state index < -0.39 is 15.1 Å². The van der Waals surface area contributed by atoms with Crippen LogP contribution in [0.2, 0.25) is 0 Å². The van der Waals surface area contributed by atoms with E-state index in [1.54, 1.807) is 19.1 Å². The molecule has 0 bridgehead atoms. The number of rotatable bonds is 1. The molecule has 0 amide bonds. The van der Waals surface area contributed by atoms with Crippen LogP contribution in [0.25, 0.3) is 0 Å². The number of hydrogen-bond acceptors (Lipinski definition) is 3. The number of nitrogens with one attached hydrogen (secondary N) is 1. The Balaban J connectivity index is 2.34. The van der Waals surface area contributed by atoms with E-state index in [2.05, 4.69) is 5.32 Å². The third-order valence-corrected chi connectivity index (χ3v) is 5.17. The standard InChI is InChI=1S/C11H14FNO2S/c1-8-11(13-5-6-16(8,14)15)9-3-2-4-10(12)7-9/h2-4,7-8,11,13H,5-6H2,1H3. The van der Waals surface area contributed by atoms with Gasteiger partial charge in [-0.15, -0.1) is 0 Å². The van der Waals surface area contributed by atoms with E-state index in [0.717, 1.165) is 0 Å². The molecule has 2 rings (SSSR count). The van der Waals surface area contributed by atoms with Gasteiger partial charge >= 0.3 is 0 Å². The Morgan fingerprint density at radius 3 is 2.88 bits per heavy atom. The predicted molar refractivity (Wildman–Crippen MR) is 60.4 cm³/mol. The quantitative estimate of drug-likeness (QED) is 0.808. The molecule has 16 heavy (non-hydrogen) atoms. The van der Waals surface area contributed by atoms with Gasteiger partial charge in [0.05, 0.1) is 11.0 Å². The van der Waals surface area contributed by atoms with Crippen molar-refractivity contribution in [3.05, 3.63) is 35.6 Å². The van der Waals surface area contributed by atoms with Crippen LogP contribution in [0.5, 0.6) is 0 Å². The Morgan fingerprint density at radius 1 is 1.44 bits per heavy atom. The Labute approximate surface area is 94.6 Å². The summed E-state index contributed by atoms with van der Waals surface area (Å²) in [5.74, 6) is -0.186. The highest BCUT2D eigenvalue weighted by Crippen LogP contribution is 2.25. The van der Waals surface area contributed by atoms with Gasteiger partial charge in [0.15, 0.2) is 9.84 Å². The normalized spacial score (nSPS) is 28.9. The van der Waals surface area contributed by atoms with Crippen molar-refractivity contribution in [1.82, 2.24) is 5.32 Å². The van der Waals surface area contributed by atoms with Gasteiger partial charge < -0.3 is 5.32 Å². The van der Waals surface area contributed by atoms with Gasteiger partial charge in [-0.3, -0.25) is 0 Å². The molecule has 1 fully saturated rings. The molecule has 1 aliphatic heterocycles. The topological polar surface area (TPSA) is 46.2 Å². The maximum Gasteiger partial charge on any atom is 0.156 e. The highest BCUT2D eigenvalue weighted by Gasteiger charge is 2.34. The first-order valence-electron chi connectivity index (χ1n) is 5.21. The molecular formula is C11H14FNO2S. The van der Waals surface area contributed by atoms with Gasteiger partial charge in [-0.25, -0.2) is 12.8 Å². The maximum absolute atomic E-state index is 13.1. The fourth-order valence-electron chi connectivity index (χ4n) is 2.00. The summed E-state index contributed by atoms with van der Waals surface area (Å²) in [6.07, 6.45) is 0. The Bertz CT molecular complexity index is 487. The smallest absolute Gasteiger partial charge is 0.156 e.